The minimum absolute atomic E-state index is 0.662. The lowest BCUT2D eigenvalue weighted by molar-refractivity contribution is 1.00. The molecule has 0 amide bonds. The molecule has 2 heterocycles. The average molecular weight is 203 g/mol. The number of anilines is 1. The Bertz CT molecular complexity index is 415. The van der Waals surface area contributed by atoms with E-state index in [2.05, 4.69) is 25.5 Å². The van der Waals surface area contributed by atoms with Crippen LogP contribution >= 0.6 is 0 Å². The summed E-state index contributed by atoms with van der Waals surface area (Å²) in [5, 5.41) is 10.3. The minimum Gasteiger partial charge on any atom is -0.376 e. The first-order chi connectivity index (χ1) is 7.27. The maximum absolute atomic E-state index is 4.18. The van der Waals surface area contributed by atoms with E-state index >= 15 is 0 Å². The fourth-order valence-corrected chi connectivity index (χ4v) is 1.41. The topological polar surface area (TPSA) is 66.5 Å². The molecule has 5 nitrogen and oxygen atoms in total. The highest BCUT2D eigenvalue weighted by atomic mass is 15.1. The van der Waals surface area contributed by atoms with Gasteiger partial charge in [-0.3, -0.25) is 15.1 Å². The molecular weight excluding hydrogens is 190 g/mol. The number of rotatable bonds is 3. The van der Waals surface area contributed by atoms with Crippen LogP contribution in [0.2, 0.25) is 0 Å². The van der Waals surface area contributed by atoms with Crippen molar-refractivity contribution in [2.24, 2.45) is 0 Å². The Morgan fingerprint density at radius 3 is 2.80 bits per heavy atom. The molecule has 0 unspecified atom stereocenters. The summed E-state index contributed by atoms with van der Waals surface area (Å²) in [5.41, 5.74) is 3.96. The van der Waals surface area contributed by atoms with Gasteiger partial charge in [-0.25, -0.2) is 0 Å². The van der Waals surface area contributed by atoms with Gasteiger partial charge in [0.05, 0.1) is 35.5 Å². The summed E-state index contributed by atoms with van der Waals surface area (Å²) in [6, 6.07) is 0. The Labute approximate surface area is 88.0 Å². The van der Waals surface area contributed by atoms with Crippen LogP contribution in [0.1, 0.15) is 17.1 Å². The first-order valence-electron chi connectivity index (χ1n) is 4.77. The zero-order valence-corrected chi connectivity index (χ0v) is 8.78. The molecule has 5 heteroatoms. The van der Waals surface area contributed by atoms with E-state index in [0.717, 1.165) is 22.8 Å². The van der Waals surface area contributed by atoms with Crippen molar-refractivity contribution in [3.8, 4) is 0 Å². The van der Waals surface area contributed by atoms with Gasteiger partial charge in [0.1, 0.15) is 0 Å². The van der Waals surface area contributed by atoms with Gasteiger partial charge in [-0.15, -0.1) is 0 Å². The SMILES string of the molecule is Cc1n[nH]c(C)c1NCc1cnccn1. The number of hydrogen-bond donors (Lipinski definition) is 2. The summed E-state index contributed by atoms with van der Waals surface area (Å²) in [5.74, 6) is 0. The van der Waals surface area contributed by atoms with E-state index in [1.807, 2.05) is 13.8 Å². The number of nitrogens with one attached hydrogen (secondary N) is 2. The lowest BCUT2D eigenvalue weighted by Gasteiger charge is -2.04. The number of aromatic amines is 1. The van der Waals surface area contributed by atoms with Gasteiger partial charge in [-0.05, 0) is 13.8 Å². The molecule has 0 aromatic carbocycles. The quantitative estimate of drug-likeness (QED) is 0.791. The molecule has 78 valence electrons. The summed E-state index contributed by atoms with van der Waals surface area (Å²) in [6.07, 6.45) is 5.10. The minimum atomic E-state index is 0.662. The van der Waals surface area contributed by atoms with Crippen LogP contribution in [0.4, 0.5) is 5.69 Å². The highest BCUT2D eigenvalue weighted by Crippen LogP contribution is 2.16. The van der Waals surface area contributed by atoms with E-state index in [4.69, 9.17) is 0 Å². The predicted molar refractivity (Wildman–Crippen MR) is 57.4 cm³/mol. The fourth-order valence-electron chi connectivity index (χ4n) is 1.41. The maximum Gasteiger partial charge on any atom is 0.0825 e. The lowest BCUT2D eigenvalue weighted by atomic mass is 10.3. The standard InChI is InChI=1S/C10H13N5/c1-7-10(8(2)15-14-7)13-6-9-5-11-3-4-12-9/h3-5,13H,6H2,1-2H3,(H,14,15). The maximum atomic E-state index is 4.18. The Morgan fingerprint density at radius 1 is 1.33 bits per heavy atom. The Morgan fingerprint density at radius 2 is 2.20 bits per heavy atom. The molecule has 0 saturated carbocycles. The first kappa shape index (κ1) is 9.64. The molecule has 0 atom stereocenters. The lowest BCUT2D eigenvalue weighted by Crippen LogP contribution is -2.03. The second-order valence-electron chi connectivity index (χ2n) is 3.36. The highest BCUT2D eigenvalue weighted by molar-refractivity contribution is 5.51. The molecule has 0 saturated heterocycles. The van der Waals surface area contributed by atoms with Gasteiger partial charge in [0, 0.05) is 12.4 Å². The van der Waals surface area contributed by atoms with E-state index in [9.17, 15) is 0 Å². The number of aryl methyl sites for hydroxylation is 2. The molecular formula is C10H13N5. The molecule has 2 aromatic heterocycles. The van der Waals surface area contributed by atoms with Crippen molar-refractivity contribution >= 4 is 5.69 Å². The number of hydrogen-bond acceptors (Lipinski definition) is 4. The van der Waals surface area contributed by atoms with Crippen molar-refractivity contribution in [2.75, 3.05) is 5.32 Å². The van der Waals surface area contributed by atoms with Crippen LogP contribution in [0, 0.1) is 13.8 Å². The number of H-pyrrole nitrogens is 1. The monoisotopic (exact) mass is 203 g/mol. The number of nitrogens with zero attached hydrogens (tertiary/aromatic N) is 3. The Kier molecular flexibility index (Phi) is 2.62. The summed E-state index contributed by atoms with van der Waals surface area (Å²) >= 11 is 0. The zero-order chi connectivity index (χ0) is 10.7. The first-order valence-corrected chi connectivity index (χ1v) is 4.77. The normalized spacial score (nSPS) is 10.3. The molecule has 0 aliphatic heterocycles. The summed E-state index contributed by atoms with van der Waals surface area (Å²) in [7, 11) is 0. The van der Waals surface area contributed by atoms with Gasteiger partial charge in [-0.1, -0.05) is 0 Å². The number of aromatic nitrogens is 4. The van der Waals surface area contributed by atoms with Crippen LogP contribution in [0.5, 0.6) is 0 Å². The Hall–Kier alpha value is -1.91. The van der Waals surface area contributed by atoms with Crippen LogP contribution in [0.25, 0.3) is 0 Å². The Balaban J connectivity index is 2.05. The van der Waals surface area contributed by atoms with Crippen molar-refractivity contribution in [2.45, 2.75) is 20.4 Å². The predicted octanol–water partition coefficient (Wildman–Crippen LogP) is 1.43. The van der Waals surface area contributed by atoms with Crippen molar-refractivity contribution in [1.29, 1.82) is 0 Å². The molecule has 2 rings (SSSR count). The second kappa shape index (κ2) is 4.08. The van der Waals surface area contributed by atoms with E-state index in [0.29, 0.717) is 6.54 Å². The molecule has 15 heavy (non-hydrogen) atoms. The van der Waals surface area contributed by atoms with Crippen LogP contribution < -0.4 is 5.32 Å². The van der Waals surface area contributed by atoms with Gasteiger partial charge >= 0.3 is 0 Å². The second-order valence-corrected chi connectivity index (χ2v) is 3.36. The molecule has 0 aliphatic rings. The van der Waals surface area contributed by atoms with Crippen molar-refractivity contribution in [3.63, 3.8) is 0 Å². The van der Waals surface area contributed by atoms with Gasteiger partial charge in [0.2, 0.25) is 0 Å². The van der Waals surface area contributed by atoms with Crippen molar-refractivity contribution in [3.05, 3.63) is 35.7 Å². The molecule has 0 bridgehead atoms. The fraction of sp³-hybridized carbons (Fsp3) is 0.300. The van der Waals surface area contributed by atoms with Gasteiger partial charge < -0.3 is 5.32 Å². The highest BCUT2D eigenvalue weighted by Gasteiger charge is 2.05. The van der Waals surface area contributed by atoms with Gasteiger partial charge in [-0.2, -0.15) is 5.10 Å². The van der Waals surface area contributed by atoms with Crippen LogP contribution in [-0.2, 0) is 6.54 Å². The van der Waals surface area contributed by atoms with E-state index < -0.39 is 0 Å². The molecule has 0 radical (unpaired) electrons. The third kappa shape index (κ3) is 2.12. The molecule has 0 aliphatic carbocycles. The molecule has 2 aromatic rings. The molecule has 2 N–H and O–H groups in total. The summed E-state index contributed by atoms with van der Waals surface area (Å²) < 4.78 is 0. The summed E-state index contributed by atoms with van der Waals surface area (Å²) in [4.78, 5) is 8.19. The zero-order valence-electron chi connectivity index (χ0n) is 8.78. The van der Waals surface area contributed by atoms with E-state index in [1.54, 1.807) is 18.6 Å². The van der Waals surface area contributed by atoms with E-state index in [-0.39, 0.29) is 0 Å². The summed E-state index contributed by atoms with van der Waals surface area (Å²) in [6.45, 7) is 4.61. The van der Waals surface area contributed by atoms with Gasteiger partial charge in [0.15, 0.2) is 0 Å². The van der Waals surface area contributed by atoms with Crippen molar-refractivity contribution < 1.29 is 0 Å². The van der Waals surface area contributed by atoms with Crippen LogP contribution in [-0.4, -0.2) is 20.2 Å². The van der Waals surface area contributed by atoms with Crippen molar-refractivity contribution in [1.82, 2.24) is 20.2 Å². The van der Waals surface area contributed by atoms with Crippen LogP contribution in [0.3, 0.4) is 0 Å². The van der Waals surface area contributed by atoms with Gasteiger partial charge in [0.25, 0.3) is 0 Å². The largest absolute Gasteiger partial charge is 0.376 e. The third-order valence-electron chi connectivity index (χ3n) is 2.19. The third-order valence-corrected chi connectivity index (χ3v) is 2.19. The smallest absolute Gasteiger partial charge is 0.0825 e. The molecule has 0 fully saturated rings. The van der Waals surface area contributed by atoms with E-state index in [1.165, 1.54) is 0 Å². The molecule has 0 spiro atoms. The average Bonchev–Trinajstić information content (AvgIpc) is 2.58. The van der Waals surface area contributed by atoms with Crippen LogP contribution in [0.15, 0.2) is 18.6 Å².